The Balaban J connectivity index is 1.68. The van der Waals surface area contributed by atoms with E-state index in [9.17, 15) is 0 Å². The van der Waals surface area contributed by atoms with Crippen molar-refractivity contribution < 1.29 is 4.74 Å². The fourth-order valence-corrected chi connectivity index (χ4v) is 3.07. The minimum absolute atomic E-state index is 0.144. The van der Waals surface area contributed by atoms with Crippen LogP contribution in [0.2, 0.25) is 0 Å². The number of nitrogens with two attached hydrogens (primary N) is 1. The zero-order valence-electron chi connectivity index (χ0n) is 10.8. The van der Waals surface area contributed by atoms with Gasteiger partial charge in [0.05, 0.1) is 11.2 Å². The lowest BCUT2D eigenvalue weighted by Crippen LogP contribution is -2.47. The first-order chi connectivity index (χ1) is 8.77. The van der Waals surface area contributed by atoms with Gasteiger partial charge in [-0.2, -0.15) is 0 Å². The Morgan fingerprint density at radius 3 is 2.78 bits per heavy atom. The summed E-state index contributed by atoms with van der Waals surface area (Å²) in [7, 11) is 0. The smallest absolute Gasteiger partial charge is 0.219 e. The number of hydrogen-bond acceptors (Lipinski definition) is 4. The normalized spacial score (nSPS) is 21.6. The first kappa shape index (κ1) is 11.9. The largest absolute Gasteiger partial charge is 0.475 e. The predicted molar refractivity (Wildman–Crippen MR) is 69.6 cm³/mol. The molecular formula is C14H21N3O. The number of aryl methyl sites for hydroxylation is 1. The van der Waals surface area contributed by atoms with Crippen LogP contribution in [0.5, 0.6) is 5.88 Å². The highest BCUT2D eigenvalue weighted by molar-refractivity contribution is 5.33. The summed E-state index contributed by atoms with van der Waals surface area (Å²) in [5, 5.41) is 0. The van der Waals surface area contributed by atoms with E-state index in [1.165, 1.54) is 24.8 Å². The van der Waals surface area contributed by atoms with Gasteiger partial charge in [0.2, 0.25) is 5.88 Å². The summed E-state index contributed by atoms with van der Waals surface area (Å²) in [6.45, 7) is 0.594. The molecule has 0 saturated heterocycles. The highest BCUT2D eigenvalue weighted by Gasteiger charge is 2.29. The average molecular weight is 247 g/mol. The van der Waals surface area contributed by atoms with Crippen molar-refractivity contribution >= 4 is 0 Å². The van der Waals surface area contributed by atoms with E-state index in [-0.39, 0.29) is 5.54 Å². The minimum atomic E-state index is -0.144. The fourth-order valence-electron chi connectivity index (χ4n) is 3.07. The van der Waals surface area contributed by atoms with Crippen LogP contribution in [-0.2, 0) is 12.8 Å². The molecule has 1 aromatic rings. The van der Waals surface area contributed by atoms with Crippen molar-refractivity contribution in [1.29, 1.82) is 0 Å². The molecule has 4 nitrogen and oxygen atoms in total. The molecule has 1 aromatic heterocycles. The zero-order valence-corrected chi connectivity index (χ0v) is 10.8. The molecule has 0 aromatic carbocycles. The Labute approximate surface area is 108 Å². The van der Waals surface area contributed by atoms with Gasteiger partial charge in [0.1, 0.15) is 12.9 Å². The first-order valence-corrected chi connectivity index (χ1v) is 7.01. The van der Waals surface area contributed by atoms with Crippen molar-refractivity contribution in [3.8, 4) is 5.88 Å². The fraction of sp³-hybridized carbons (Fsp3) is 0.714. The van der Waals surface area contributed by atoms with E-state index in [1.54, 1.807) is 6.33 Å². The lowest BCUT2D eigenvalue weighted by molar-refractivity contribution is 0.168. The van der Waals surface area contributed by atoms with Crippen LogP contribution in [0.3, 0.4) is 0 Å². The van der Waals surface area contributed by atoms with Crippen LogP contribution in [-0.4, -0.2) is 22.1 Å². The number of hydrogen-bond donors (Lipinski definition) is 1. The maximum Gasteiger partial charge on any atom is 0.219 e. The molecule has 1 fully saturated rings. The molecular weight excluding hydrogens is 226 g/mol. The predicted octanol–water partition coefficient (Wildman–Crippen LogP) is 2.01. The molecule has 98 valence electrons. The molecule has 2 aliphatic carbocycles. The number of ether oxygens (including phenoxy) is 1. The van der Waals surface area contributed by atoms with Crippen molar-refractivity contribution in [2.45, 2.75) is 56.9 Å². The van der Waals surface area contributed by atoms with E-state index in [2.05, 4.69) is 9.97 Å². The molecule has 0 unspecified atom stereocenters. The Kier molecular flexibility index (Phi) is 3.20. The molecule has 0 radical (unpaired) electrons. The van der Waals surface area contributed by atoms with Crippen molar-refractivity contribution in [2.75, 3.05) is 6.61 Å². The minimum Gasteiger partial charge on any atom is -0.475 e. The summed E-state index contributed by atoms with van der Waals surface area (Å²) >= 11 is 0. The van der Waals surface area contributed by atoms with Crippen LogP contribution in [0.4, 0.5) is 0 Å². The molecule has 0 amide bonds. The lowest BCUT2D eigenvalue weighted by atomic mass is 9.83. The van der Waals surface area contributed by atoms with Crippen LogP contribution in [0.25, 0.3) is 0 Å². The summed E-state index contributed by atoms with van der Waals surface area (Å²) in [6, 6.07) is 0. The van der Waals surface area contributed by atoms with Gasteiger partial charge in [-0.25, -0.2) is 9.97 Å². The van der Waals surface area contributed by atoms with Gasteiger partial charge < -0.3 is 10.5 Å². The molecule has 3 rings (SSSR count). The Bertz CT molecular complexity index is 427. The van der Waals surface area contributed by atoms with E-state index < -0.39 is 0 Å². The van der Waals surface area contributed by atoms with E-state index in [0.29, 0.717) is 6.61 Å². The average Bonchev–Trinajstić information content (AvgIpc) is 2.86. The maximum atomic E-state index is 6.38. The highest BCUT2D eigenvalue weighted by atomic mass is 16.5. The molecule has 0 spiro atoms. The molecule has 0 aliphatic heterocycles. The van der Waals surface area contributed by atoms with Crippen LogP contribution in [0, 0.1) is 0 Å². The van der Waals surface area contributed by atoms with Crippen molar-refractivity contribution in [3.05, 3.63) is 17.6 Å². The molecule has 0 atom stereocenters. The second-order valence-electron chi connectivity index (χ2n) is 5.67. The van der Waals surface area contributed by atoms with Gasteiger partial charge in [0.25, 0.3) is 0 Å². The van der Waals surface area contributed by atoms with Gasteiger partial charge >= 0.3 is 0 Å². The molecule has 1 heterocycles. The van der Waals surface area contributed by atoms with Crippen LogP contribution in [0.1, 0.15) is 49.8 Å². The third-order valence-electron chi connectivity index (χ3n) is 4.18. The second kappa shape index (κ2) is 4.84. The van der Waals surface area contributed by atoms with E-state index >= 15 is 0 Å². The topological polar surface area (TPSA) is 61.0 Å². The SMILES string of the molecule is NC1(COc2ncnc3c2CCC3)CCCCC1. The van der Waals surface area contributed by atoms with E-state index in [0.717, 1.165) is 43.7 Å². The third-order valence-corrected chi connectivity index (χ3v) is 4.18. The van der Waals surface area contributed by atoms with E-state index in [1.807, 2.05) is 0 Å². The third kappa shape index (κ3) is 2.34. The van der Waals surface area contributed by atoms with Crippen molar-refractivity contribution in [2.24, 2.45) is 5.73 Å². The van der Waals surface area contributed by atoms with Crippen LogP contribution < -0.4 is 10.5 Å². The monoisotopic (exact) mass is 247 g/mol. The summed E-state index contributed by atoms with van der Waals surface area (Å²) in [5.41, 5.74) is 8.61. The van der Waals surface area contributed by atoms with Crippen LogP contribution in [0.15, 0.2) is 6.33 Å². The Morgan fingerprint density at radius 1 is 1.11 bits per heavy atom. The van der Waals surface area contributed by atoms with Gasteiger partial charge in [-0.3, -0.25) is 0 Å². The van der Waals surface area contributed by atoms with Gasteiger partial charge in [0.15, 0.2) is 0 Å². The molecule has 2 aliphatic rings. The molecule has 18 heavy (non-hydrogen) atoms. The number of nitrogens with zero attached hydrogens (tertiary/aromatic N) is 2. The summed E-state index contributed by atoms with van der Waals surface area (Å²) < 4.78 is 5.92. The number of aromatic nitrogens is 2. The molecule has 0 bridgehead atoms. The van der Waals surface area contributed by atoms with E-state index in [4.69, 9.17) is 10.5 Å². The van der Waals surface area contributed by atoms with Gasteiger partial charge in [0, 0.05) is 5.56 Å². The lowest BCUT2D eigenvalue weighted by Gasteiger charge is -2.32. The molecule has 2 N–H and O–H groups in total. The standard InChI is InChI=1S/C14H21N3O/c15-14(7-2-1-3-8-14)9-18-13-11-5-4-6-12(11)16-10-17-13/h10H,1-9,15H2. The quantitative estimate of drug-likeness (QED) is 0.887. The van der Waals surface area contributed by atoms with Gasteiger partial charge in [-0.1, -0.05) is 19.3 Å². The van der Waals surface area contributed by atoms with Gasteiger partial charge in [-0.05, 0) is 32.1 Å². The number of rotatable bonds is 3. The molecule has 1 saturated carbocycles. The Morgan fingerprint density at radius 2 is 1.94 bits per heavy atom. The van der Waals surface area contributed by atoms with Crippen LogP contribution >= 0.6 is 0 Å². The number of fused-ring (bicyclic) bond motifs is 1. The molecule has 4 heteroatoms. The highest BCUT2D eigenvalue weighted by Crippen LogP contribution is 2.30. The van der Waals surface area contributed by atoms with Crippen molar-refractivity contribution in [3.63, 3.8) is 0 Å². The first-order valence-electron chi connectivity index (χ1n) is 7.01. The zero-order chi connectivity index (χ0) is 12.4. The second-order valence-corrected chi connectivity index (χ2v) is 5.67. The maximum absolute atomic E-state index is 6.38. The van der Waals surface area contributed by atoms with Gasteiger partial charge in [-0.15, -0.1) is 0 Å². The van der Waals surface area contributed by atoms with Crippen molar-refractivity contribution in [1.82, 2.24) is 9.97 Å². The summed E-state index contributed by atoms with van der Waals surface area (Å²) in [6.07, 6.45) is 10.8. The summed E-state index contributed by atoms with van der Waals surface area (Å²) in [5.74, 6) is 0.771. The Hall–Kier alpha value is -1.16. The summed E-state index contributed by atoms with van der Waals surface area (Å²) in [4.78, 5) is 8.59.